The van der Waals surface area contributed by atoms with Gasteiger partial charge < -0.3 is 14.4 Å². The summed E-state index contributed by atoms with van der Waals surface area (Å²) >= 11 is 0. The largest absolute Gasteiger partial charge is 0.455 e. The number of benzene rings is 1. The van der Waals surface area contributed by atoms with Gasteiger partial charge in [0.05, 0.1) is 0 Å². The Bertz CT molecular complexity index is 797. The maximum absolute atomic E-state index is 12.6. The van der Waals surface area contributed by atoms with E-state index < -0.39 is 37.2 Å². The van der Waals surface area contributed by atoms with E-state index in [2.05, 4.69) is 0 Å². The molecular weight excluding hydrogens is 351 g/mol. The highest BCUT2D eigenvalue weighted by atomic mass is 19.4. The van der Waals surface area contributed by atoms with E-state index in [-0.39, 0.29) is 17.0 Å². The topological polar surface area (TPSA) is 68.5 Å². The molecule has 0 bridgehead atoms. The molecule has 26 heavy (non-hydrogen) atoms. The van der Waals surface area contributed by atoms with Crippen LogP contribution in [0.1, 0.15) is 33.4 Å². The fourth-order valence-electron chi connectivity index (χ4n) is 2.57. The van der Waals surface area contributed by atoms with Crippen molar-refractivity contribution in [1.29, 1.82) is 0 Å². The molecule has 2 aromatic rings. The van der Waals surface area contributed by atoms with Crippen LogP contribution in [0.4, 0.5) is 13.2 Å². The molecule has 8 heteroatoms. The number of nitrogens with zero attached hydrogens (tertiary/aromatic N) is 1. The minimum atomic E-state index is -4.42. The molecule has 0 spiro atoms. The van der Waals surface area contributed by atoms with Gasteiger partial charge in [-0.15, -0.1) is 0 Å². The molecule has 1 aromatic carbocycles. The Morgan fingerprint density at radius 1 is 1.19 bits per heavy atom. The Kier molecular flexibility index (Phi) is 5.86. The SMILES string of the molecule is Cc1cc(C(=O)COC(=O)[C@H](O)c2ccccc2)c(C)n1CC(F)(F)F. The number of aryl methyl sites for hydroxylation is 1. The van der Waals surface area contributed by atoms with Gasteiger partial charge in [0.1, 0.15) is 6.54 Å². The molecule has 0 fully saturated rings. The third-order valence-electron chi connectivity index (χ3n) is 3.90. The van der Waals surface area contributed by atoms with Crippen LogP contribution in [0.5, 0.6) is 0 Å². The molecule has 0 unspecified atom stereocenters. The summed E-state index contributed by atoms with van der Waals surface area (Å²) in [7, 11) is 0. The number of aromatic nitrogens is 1. The van der Waals surface area contributed by atoms with Crippen LogP contribution in [0.15, 0.2) is 36.4 Å². The number of halogens is 3. The fraction of sp³-hybridized carbons (Fsp3) is 0.333. The van der Waals surface area contributed by atoms with Crippen molar-refractivity contribution in [1.82, 2.24) is 4.57 Å². The molecule has 0 amide bonds. The number of ketones is 1. The number of rotatable bonds is 6. The van der Waals surface area contributed by atoms with Crippen LogP contribution in [-0.4, -0.2) is 34.2 Å². The molecule has 0 radical (unpaired) electrons. The third kappa shape index (κ3) is 4.72. The number of Topliss-reactive ketones (excluding diaryl/α,β-unsaturated/α-hetero) is 1. The first-order valence-electron chi connectivity index (χ1n) is 7.76. The van der Waals surface area contributed by atoms with Crippen molar-refractivity contribution < 1.29 is 32.6 Å². The predicted octanol–water partition coefficient (Wildman–Crippen LogP) is 3.13. The first-order valence-corrected chi connectivity index (χ1v) is 7.76. The Morgan fingerprint density at radius 3 is 2.38 bits per heavy atom. The van der Waals surface area contributed by atoms with Gasteiger partial charge >= 0.3 is 12.1 Å². The third-order valence-corrected chi connectivity index (χ3v) is 3.90. The van der Waals surface area contributed by atoms with Crippen LogP contribution in [0.3, 0.4) is 0 Å². The van der Waals surface area contributed by atoms with Crippen molar-refractivity contribution in [3.8, 4) is 0 Å². The smallest absolute Gasteiger partial charge is 0.406 e. The van der Waals surface area contributed by atoms with Crippen LogP contribution in [-0.2, 0) is 16.1 Å². The Balaban J connectivity index is 2.04. The normalized spacial score (nSPS) is 12.7. The van der Waals surface area contributed by atoms with Crippen molar-refractivity contribution in [2.45, 2.75) is 32.7 Å². The molecule has 1 heterocycles. The van der Waals surface area contributed by atoms with E-state index in [0.29, 0.717) is 5.56 Å². The minimum Gasteiger partial charge on any atom is -0.455 e. The minimum absolute atomic E-state index is 0.0498. The quantitative estimate of drug-likeness (QED) is 0.628. The van der Waals surface area contributed by atoms with Crippen molar-refractivity contribution in [3.63, 3.8) is 0 Å². The average molecular weight is 369 g/mol. The lowest BCUT2D eigenvalue weighted by Crippen LogP contribution is -2.21. The molecule has 0 saturated carbocycles. The molecule has 0 saturated heterocycles. The maximum Gasteiger partial charge on any atom is 0.406 e. The Morgan fingerprint density at radius 2 is 1.81 bits per heavy atom. The number of esters is 1. The monoisotopic (exact) mass is 369 g/mol. The highest BCUT2D eigenvalue weighted by Gasteiger charge is 2.30. The van der Waals surface area contributed by atoms with Gasteiger partial charge in [0, 0.05) is 17.0 Å². The molecule has 140 valence electrons. The van der Waals surface area contributed by atoms with Crippen LogP contribution in [0.2, 0.25) is 0 Å². The Hall–Kier alpha value is -2.61. The van der Waals surface area contributed by atoms with E-state index in [1.807, 2.05) is 0 Å². The molecule has 5 nitrogen and oxygen atoms in total. The molecule has 0 aliphatic carbocycles. The first kappa shape index (κ1) is 19.7. The van der Waals surface area contributed by atoms with Crippen molar-refractivity contribution in [2.24, 2.45) is 0 Å². The number of hydrogen-bond donors (Lipinski definition) is 1. The van der Waals surface area contributed by atoms with Crippen LogP contribution < -0.4 is 0 Å². The highest BCUT2D eigenvalue weighted by molar-refractivity contribution is 5.99. The Labute approximate surface area is 148 Å². The standard InChI is InChI=1S/C18H18F3NO4/c1-11-8-14(12(2)22(11)10-18(19,20)21)15(23)9-26-17(25)16(24)13-6-4-3-5-7-13/h3-8,16,24H,9-10H2,1-2H3/t16-/m1/s1. The predicted molar refractivity (Wildman–Crippen MR) is 86.7 cm³/mol. The number of aliphatic hydroxyl groups excluding tert-OH is 1. The van der Waals surface area contributed by atoms with E-state index in [4.69, 9.17) is 4.74 Å². The van der Waals surface area contributed by atoms with Crippen molar-refractivity contribution >= 4 is 11.8 Å². The van der Waals surface area contributed by atoms with E-state index in [1.165, 1.54) is 32.0 Å². The number of aliphatic hydroxyl groups is 1. The highest BCUT2D eigenvalue weighted by Crippen LogP contribution is 2.23. The molecule has 1 aromatic heterocycles. The zero-order valence-electron chi connectivity index (χ0n) is 14.2. The molecule has 2 rings (SSSR count). The van der Waals surface area contributed by atoms with Gasteiger partial charge in [-0.3, -0.25) is 4.79 Å². The van der Waals surface area contributed by atoms with Crippen LogP contribution >= 0.6 is 0 Å². The number of carbonyl (C=O) groups is 2. The van der Waals surface area contributed by atoms with E-state index in [9.17, 15) is 27.9 Å². The van der Waals surface area contributed by atoms with E-state index in [1.54, 1.807) is 18.2 Å². The van der Waals surface area contributed by atoms with Gasteiger partial charge in [-0.05, 0) is 25.5 Å². The molecule has 1 atom stereocenters. The van der Waals surface area contributed by atoms with Gasteiger partial charge in [-0.1, -0.05) is 30.3 Å². The number of alkyl halides is 3. The van der Waals surface area contributed by atoms with Gasteiger partial charge in [-0.2, -0.15) is 13.2 Å². The zero-order valence-corrected chi connectivity index (χ0v) is 14.2. The number of carbonyl (C=O) groups excluding carboxylic acids is 2. The van der Waals surface area contributed by atoms with Gasteiger partial charge in [0.2, 0.25) is 5.78 Å². The fourth-order valence-corrected chi connectivity index (χ4v) is 2.57. The molecular formula is C18H18F3NO4. The van der Waals surface area contributed by atoms with Gasteiger partial charge in [0.15, 0.2) is 12.7 Å². The summed E-state index contributed by atoms with van der Waals surface area (Å²) in [5.74, 6) is -1.64. The summed E-state index contributed by atoms with van der Waals surface area (Å²) in [5, 5.41) is 9.89. The molecule has 0 aliphatic rings. The second-order valence-electron chi connectivity index (χ2n) is 5.83. The lowest BCUT2D eigenvalue weighted by Gasteiger charge is -2.13. The lowest BCUT2D eigenvalue weighted by atomic mass is 10.1. The summed E-state index contributed by atoms with van der Waals surface area (Å²) in [6.07, 6.45) is -5.96. The summed E-state index contributed by atoms with van der Waals surface area (Å²) < 4.78 is 43.6. The zero-order chi connectivity index (χ0) is 19.5. The molecule has 0 aliphatic heterocycles. The van der Waals surface area contributed by atoms with Gasteiger partial charge in [-0.25, -0.2) is 4.79 Å². The van der Waals surface area contributed by atoms with Crippen molar-refractivity contribution in [2.75, 3.05) is 6.61 Å². The van der Waals surface area contributed by atoms with Crippen LogP contribution in [0, 0.1) is 13.8 Å². The van der Waals surface area contributed by atoms with Crippen molar-refractivity contribution in [3.05, 3.63) is 58.9 Å². The summed E-state index contributed by atoms with van der Waals surface area (Å²) in [4.78, 5) is 24.1. The van der Waals surface area contributed by atoms with E-state index >= 15 is 0 Å². The summed E-state index contributed by atoms with van der Waals surface area (Å²) in [5.41, 5.74) is 0.783. The van der Waals surface area contributed by atoms with Gasteiger partial charge in [0.25, 0.3) is 0 Å². The average Bonchev–Trinajstić information content (AvgIpc) is 2.86. The van der Waals surface area contributed by atoms with Crippen LogP contribution in [0.25, 0.3) is 0 Å². The molecule has 1 N–H and O–H groups in total. The number of hydrogen-bond acceptors (Lipinski definition) is 4. The second-order valence-corrected chi connectivity index (χ2v) is 5.83. The second kappa shape index (κ2) is 7.74. The number of ether oxygens (including phenoxy) is 1. The van der Waals surface area contributed by atoms with E-state index in [0.717, 1.165) is 4.57 Å². The lowest BCUT2D eigenvalue weighted by molar-refractivity contribution is -0.152. The first-order chi connectivity index (χ1) is 12.1. The summed E-state index contributed by atoms with van der Waals surface area (Å²) in [6, 6.07) is 9.35. The maximum atomic E-state index is 12.6. The summed E-state index contributed by atoms with van der Waals surface area (Å²) in [6.45, 7) is 0.983.